The first kappa shape index (κ1) is 9.01. The van der Waals surface area contributed by atoms with Crippen LogP contribution >= 0.6 is 0 Å². The van der Waals surface area contributed by atoms with Gasteiger partial charge in [-0.1, -0.05) is 0 Å². The Kier molecular flexibility index (Phi) is 2.55. The van der Waals surface area contributed by atoms with E-state index >= 15 is 0 Å². The molecule has 11 heavy (non-hydrogen) atoms. The molecular formula is C9H19NO. The highest BCUT2D eigenvalue weighted by atomic mass is 16.5. The molecule has 0 aromatic rings. The number of likely N-dealkylation sites (tertiary alicyclic amines) is 1. The smallest absolute Gasteiger partial charge is 0.0618 e. The molecule has 0 aliphatic carbocycles. The topological polar surface area (TPSA) is 12.5 Å². The largest absolute Gasteiger partial charge is 0.383 e. The van der Waals surface area contributed by atoms with E-state index in [2.05, 4.69) is 25.7 Å². The second kappa shape index (κ2) is 3.11. The fraction of sp³-hybridized carbons (Fsp3) is 1.00. The van der Waals surface area contributed by atoms with E-state index < -0.39 is 0 Å². The molecule has 0 spiro atoms. The fourth-order valence-corrected chi connectivity index (χ4v) is 1.69. The van der Waals surface area contributed by atoms with Gasteiger partial charge in [-0.05, 0) is 27.2 Å². The molecule has 0 aromatic heterocycles. The summed E-state index contributed by atoms with van der Waals surface area (Å²) in [5.41, 5.74) is 0.321. The third-order valence-electron chi connectivity index (χ3n) is 2.36. The van der Waals surface area contributed by atoms with E-state index in [9.17, 15) is 0 Å². The summed E-state index contributed by atoms with van der Waals surface area (Å²) in [5, 5.41) is 0. The van der Waals surface area contributed by atoms with Crippen LogP contribution in [0.3, 0.4) is 0 Å². The predicted molar refractivity (Wildman–Crippen MR) is 46.7 cm³/mol. The SMILES string of the molecule is COCC1CCN1C(C)(C)C. The molecule has 0 radical (unpaired) electrons. The maximum Gasteiger partial charge on any atom is 0.0618 e. The van der Waals surface area contributed by atoms with Crippen molar-refractivity contribution in [1.29, 1.82) is 0 Å². The lowest BCUT2D eigenvalue weighted by Crippen LogP contribution is -2.58. The molecule has 1 saturated heterocycles. The van der Waals surface area contributed by atoms with Gasteiger partial charge in [-0.25, -0.2) is 0 Å². The summed E-state index contributed by atoms with van der Waals surface area (Å²) < 4.78 is 5.13. The van der Waals surface area contributed by atoms with Crippen LogP contribution in [0.1, 0.15) is 27.2 Å². The number of ether oxygens (including phenoxy) is 1. The molecule has 1 heterocycles. The van der Waals surface area contributed by atoms with Crippen LogP contribution in [0.5, 0.6) is 0 Å². The zero-order valence-corrected chi connectivity index (χ0v) is 8.05. The van der Waals surface area contributed by atoms with Crippen molar-refractivity contribution in [3.05, 3.63) is 0 Å². The highest BCUT2D eigenvalue weighted by Gasteiger charge is 2.35. The molecule has 1 atom stereocenters. The maximum atomic E-state index is 5.13. The number of hydrogen-bond acceptors (Lipinski definition) is 2. The van der Waals surface area contributed by atoms with Crippen LogP contribution in [-0.4, -0.2) is 36.7 Å². The summed E-state index contributed by atoms with van der Waals surface area (Å²) in [4.78, 5) is 2.50. The van der Waals surface area contributed by atoms with Crippen molar-refractivity contribution in [1.82, 2.24) is 4.90 Å². The van der Waals surface area contributed by atoms with Gasteiger partial charge in [-0.3, -0.25) is 4.90 Å². The van der Waals surface area contributed by atoms with Gasteiger partial charge in [0.15, 0.2) is 0 Å². The first-order valence-electron chi connectivity index (χ1n) is 4.31. The van der Waals surface area contributed by atoms with Crippen molar-refractivity contribution >= 4 is 0 Å². The minimum atomic E-state index is 0.321. The van der Waals surface area contributed by atoms with E-state index in [1.54, 1.807) is 7.11 Å². The van der Waals surface area contributed by atoms with Gasteiger partial charge < -0.3 is 4.74 Å². The fourth-order valence-electron chi connectivity index (χ4n) is 1.69. The van der Waals surface area contributed by atoms with E-state index in [1.165, 1.54) is 13.0 Å². The van der Waals surface area contributed by atoms with Crippen LogP contribution in [0.4, 0.5) is 0 Å². The molecule has 1 aliphatic heterocycles. The lowest BCUT2D eigenvalue weighted by molar-refractivity contribution is -0.0360. The summed E-state index contributed by atoms with van der Waals surface area (Å²) in [6, 6.07) is 0.667. The second-order valence-corrected chi connectivity index (χ2v) is 4.26. The van der Waals surface area contributed by atoms with E-state index in [4.69, 9.17) is 4.74 Å². The van der Waals surface area contributed by atoms with Crippen molar-refractivity contribution in [2.75, 3.05) is 20.3 Å². The number of hydrogen-bond donors (Lipinski definition) is 0. The van der Waals surface area contributed by atoms with Crippen LogP contribution in [0.25, 0.3) is 0 Å². The van der Waals surface area contributed by atoms with Crippen LogP contribution in [0.15, 0.2) is 0 Å². The lowest BCUT2D eigenvalue weighted by atomic mass is 9.94. The van der Waals surface area contributed by atoms with Crippen molar-refractivity contribution < 1.29 is 4.74 Å². The van der Waals surface area contributed by atoms with Gasteiger partial charge in [0.2, 0.25) is 0 Å². The molecule has 0 saturated carbocycles. The first-order chi connectivity index (χ1) is 5.05. The van der Waals surface area contributed by atoms with Crippen molar-refractivity contribution in [3.63, 3.8) is 0 Å². The maximum absolute atomic E-state index is 5.13. The van der Waals surface area contributed by atoms with Crippen molar-refractivity contribution in [3.8, 4) is 0 Å². The van der Waals surface area contributed by atoms with Gasteiger partial charge in [0.05, 0.1) is 6.61 Å². The third-order valence-corrected chi connectivity index (χ3v) is 2.36. The van der Waals surface area contributed by atoms with Gasteiger partial charge in [0.25, 0.3) is 0 Å². The van der Waals surface area contributed by atoms with Gasteiger partial charge in [-0.15, -0.1) is 0 Å². The highest BCUT2D eigenvalue weighted by molar-refractivity contribution is 4.90. The average Bonchev–Trinajstić information content (AvgIpc) is 1.75. The Bertz CT molecular complexity index is 128. The average molecular weight is 157 g/mol. The molecule has 2 nitrogen and oxygen atoms in total. The van der Waals surface area contributed by atoms with E-state index in [-0.39, 0.29) is 0 Å². The highest BCUT2D eigenvalue weighted by Crippen LogP contribution is 2.27. The zero-order chi connectivity index (χ0) is 8.48. The minimum absolute atomic E-state index is 0.321. The molecule has 1 unspecified atom stereocenters. The predicted octanol–water partition coefficient (Wildman–Crippen LogP) is 1.51. The van der Waals surface area contributed by atoms with E-state index in [0.29, 0.717) is 11.6 Å². The molecule has 0 aromatic carbocycles. The molecule has 1 rings (SSSR count). The van der Waals surface area contributed by atoms with Gasteiger partial charge in [-0.2, -0.15) is 0 Å². The van der Waals surface area contributed by atoms with Crippen molar-refractivity contribution in [2.45, 2.75) is 38.8 Å². The molecule has 66 valence electrons. The quantitative estimate of drug-likeness (QED) is 0.602. The number of methoxy groups -OCH3 is 1. The van der Waals surface area contributed by atoms with Crippen LogP contribution in [0, 0.1) is 0 Å². The summed E-state index contributed by atoms with van der Waals surface area (Å²) in [6.07, 6.45) is 1.30. The summed E-state index contributed by atoms with van der Waals surface area (Å²) in [5.74, 6) is 0. The number of rotatable bonds is 2. The summed E-state index contributed by atoms with van der Waals surface area (Å²) in [7, 11) is 1.78. The lowest BCUT2D eigenvalue weighted by Gasteiger charge is -2.49. The standard InChI is InChI=1S/C9H19NO/c1-9(2,3)10-6-5-8(10)7-11-4/h8H,5-7H2,1-4H3. The number of nitrogens with zero attached hydrogens (tertiary/aromatic N) is 1. The minimum Gasteiger partial charge on any atom is -0.383 e. The van der Waals surface area contributed by atoms with Crippen LogP contribution < -0.4 is 0 Å². The van der Waals surface area contributed by atoms with Crippen LogP contribution in [0.2, 0.25) is 0 Å². The third kappa shape index (κ3) is 1.94. The Morgan fingerprint density at radius 1 is 1.45 bits per heavy atom. The Morgan fingerprint density at radius 2 is 2.09 bits per heavy atom. The zero-order valence-electron chi connectivity index (χ0n) is 8.05. The Balaban J connectivity index is 2.37. The van der Waals surface area contributed by atoms with E-state index in [1.807, 2.05) is 0 Å². The van der Waals surface area contributed by atoms with E-state index in [0.717, 1.165) is 6.61 Å². The van der Waals surface area contributed by atoms with Gasteiger partial charge in [0.1, 0.15) is 0 Å². The molecule has 1 fully saturated rings. The molecule has 0 amide bonds. The van der Waals surface area contributed by atoms with Crippen LogP contribution in [-0.2, 0) is 4.74 Å². The van der Waals surface area contributed by atoms with Gasteiger partial charge >= 0.3 is 0 Å². The normalized spacial score (nSPS) is 26.7. The first-order valence-corrected chi connectivity index (χ1v) is 4.31. The second-order valence-electron chi connectivity index (χ2n) is 4.26. The molecule has 0 bridgehead atoms. The van der Waals surface area contributed by atoms with Gasteiger partial charge in [0, 0.05) is 25.2 Å². The Morgan fingerprint density at radius 3 is 2.36 bits per heavy atom. The van der Waals surface area contributed by atoms with Crippen molar-refractivity contribution in [2.24, 2.45) is 0 Å². The Labute approximate surface area is 69.5 Å². The molecule has 2 heteroatoms. The molecule has 0 N–H and O–H groups in total. The Hall–Kier alpha value is -0.0800. The molecular weight excluding hydrogens is 138 g/mol. The summed E-state index contributed by atoms with van der Waals surface area (Å²) >= 11 is 0. The monoisotopic (exact) mass is 157 g/mol. The molecule has 1 aliphatic rings. The summed E-state index contributed by atoms with van der Waals surface area (Å²) in [6.45, 7) is 8.90.